The lowest BCUT2D eigenvalue weighted by atomic mass is 10.2. The molecule has 2 aromatic rings. The highest BCUT2D eigenvalue weighted by molar-refractivity contribution is 6.07. The van der Waals surface area contributed by atoms with Gasteiger partial charge in [0.2, 0.25) is 0 Å². The summed E-state index contributed by atoms with van der Waals surface area (Å²) in [6.07, 6.45) is -4.50. The number of para-hydroxylation sites is 1. The third-order valence-corrected chi connectivity index (χ3v) is 2.86. The number of alkyl halides is 3. The number of hydrogen-bond donors (Lipinski definition) is 1. The molecule has 4 nitrogen and oxygen atoms in total. The molecule has 2 rings (SSSR count). The van der Waals surface area contributed by atoms with E-state index in [2.05, 4.69) is 5.32 Å². The van der Waals surface area contributed by atoms with Crippen LogP contribution in [-0.4, -0.2) is 17.7 Å². The van der Waals surface area contributed by atoms with E-state index < -0.39 is 12.0 Å². The first-order valence-electron chi connectivity index (χ1n) is 6.29. The van der Waals surface area contributed by atoms with E-state index in [1.807, 2.05) is 0 Å². The van der Waals surface area contributed by atoms with Crippen LogP contribution in [-0.2, 0) is 4.79 Å². The summed E-state index contributed by atoms with van der Waals surface area (Å²) in [5.74, 6) is -2.36. The maximum absolute atomic E-state index is 12.3. The topological polar surface area (TPSA) is 59.3 Å². The van der Waals surface area contributed by atoms with Gasteiger partial charge in [-0.1, -0.05) is 12.1 Å². The number of fused-ring (bicyclic) bond motifs is 1. The Kier molecular flexibility index (Phi) is 4.07. The van der Waals surface area contributed by atoms with Gasteiger partial charge in [-0.05, 0) is 19.1 Å². The van der Waals surface area contributed by atoms with Gasteiger partial charge in [-0.15, -0.1) is 0 Å². The Morgan fingerprint density at radius 1 is 1.18 bits per heavy atom. The van der Waals surface area contributed by atoms with E-state index in [-0.39, 0.29) is 22.9 Å². The van der Waals surface area contributed by atoms with Gasteiger partial charge in [-0.3, -0.25) is 9.59 Å². The third kappa shape index (κ3) is 3.19. The number of rotatable bonds is 4. The molecule has 0 radical (unpaired) electrons. The smallest absolute Gasteiger partial charge is 0.451 e. The van der Waals surface area contributed by atoms with Crippen LogP contribution in [0.15, 0.2) is 40.5 Å². The number of allylic oxidation sites excluding steroid dienone is 2. The molecule has 0 unspecified atom stereocenters. The molecule has 1 aromatic carbocycles. The molecule has 0 amide bonds. The molecule has 1 N–H and O–H groups in total. The number of carbonyl (C=O) groups is 2. The van der Waals surface area contributed by atoms with Gasteiger partial charge < -0.3 is 9.73 Å². The number of hydrogen-bond acceptors (Lipinski definition) is 4. The fourth-order valence-corrected chi connectivity index (χ4v) is 1.93. The van der Waals surface area contributed by atoms with Crippen LogP contribution in [0.25, 0.3) is 11.0 Å². The van der Waals surface area contributed by atoms with E-state index in [0.717, 1.165) is 0 Å². The molecule has 0 aliphatic rings. The number of furan rings is 1. The Morgan fingerprint density at radius 3 is 2.41 bits per heavy atom. The summed E-state index contributed by atoms with van der Waals surface area (Å²) < 4.78 is 42.2. The predicted octanol–water partition coefficient (Wildman–Crippen LogP) is 4.08. The highest BCUT2D eigenvalue weighted by atomic mass is 19.4. The van der Waals surface area contributed by atoms with Crippen molar-refractivity contribution in [2.45, 2.75) is 20.0 Å². The average Bonchev–Trinajstić information content (AvgIpc) is 2.77. The molecule has 0 saturated carbocycles. The van der Waals surface area contributed by atoms with Gasteiger partial charge in [-0.2, -0.15) is 13.2 Å². The molecule has 0 atom stereocenters. The minimum Gasteiger partial charge on any atom is -0.451 e. The molecule has 1 heterocycles. The first kappa shape index (κ1) is 15.8. The molecule has 22 heavy (non-hydrogen) atoms. The van der Waals surface area contributed by atoms with Gasteiger partial charge in [-0.25, -0.2) is 0 Å². The van der Waals surface area contributed by atoms with E-state index in [1.54, 1.807) is 24.3 Å². The standard InChI is InChI=1S/C15H12F3NO3/c1-8(7-12(21)15(16,17)18)19-13-10-5-3-4-6-11(10)22-14(13)9(2)20/h3-7,19H,1-2H3/b8-7+. The van der Waals surface area contributed by atoms with E-state index >= 15 is 0 Å². The van der Waals surface area contributed by atoms with Gasteiger partial charge >= 0.3 is 6.18 Å². The van der Waals surface area contributed by atoms with Crippen LogP contribution >= 0.6 is 0 Å². The Bertz CT molecular complexity index is 772. The number of carbonyl (C=O) groups excluding carboxylic acids is 2. The number of nitrogens with one attached hydrogen (secondary N) is 1. The predicted molar refractivity (Wildman–Crippen MR) is 74.7 cm³/mol. The lowest BCUT2D eigenvalue weighted by Crippen LogP contribution is -2.21. The Labute approximate surface area is 123 Å². The van der Waals surface area contributed by atoms with Crippen molar-refractivity contribution < 1.29 is 27.2 Å². The second-order valence-electron chi connectivity index (χ2n) is 4.67. The second-order valence-corrected chi connectivity index (χ2v) is 4.67. The molecule has 0 bridgehead atoms. The zero-order valence-corrected chi connectivity index (χ0v) is 11.7. The second kappa shape index (κ2) is 5.67. The minimum absolute atomic E-state index is 0.00610. The van der Waals surface area contributed by atoms with Crippen molar-refractivity contribution in [3.63, 3.8) is 0 Å². The summed E-state index contributed by atoms with van der Waals surface area (Å²) in [5.41, 5.74) is 0.619. The Hall–Kier alpha value is -2.57. The number of halogens is 3. The molecular formula is C15H12F3NO3. The van der Waals surface area contributed by atoms with Crippen molar-refractivity contribution in [3.8, 4) is 0 Å². The van der Waals surface area contributed by atoms with Crippen LogP contribution in [0.4, 0.5) is 18.9 Å². The summed E-state index contributed by atoms with van der Waals surface area (Å²) in [4.78, 5) is 22.6. The van der Waals surface area contributed by atoms with Crippen molar-refractivity contribution in [1.29, 1.82) is 0 Å². The molecule has 0 fully saturated rings. The van der Waals surface area contributed by atoms with Crippen molar-refractivity contribution in [1.82, 2.24) is 0 Å². The van der Waals surface area contributed by atoms with E-state index in [9.17, 15) is 22.8 Å². The molecule has 0 spiro atoms. The molecule has 116 valence electrons. The monoisotopic (exact) mass is 311 g/mol. The Balaban J connectivity index is 2.43. The summed E-state index contributed by atoms with van der Waals surface area (Å²) in [6, 6.07) is 6.70. The summed E-state index contributed by atoms with van der Waals surface area (Å²) >= 11 is 0. The fraction of sp³-hybridized carbons (Fsp3) is 0.200. The van der Waals surface area contributed by atoms with Crippen LogP contribution in [0.1, 0.15) is 24.4 Å². The van der Waals surface area contributed by atoms with Gasteiger partial charge in [0.1, 0.15) is 5.58 Å². The van der Waals surface area contributed by atoms with Gasteiger partial charge in [0.15, 0.2) is 11.5 Å². The van der Waals surface area contributed by atoms with Crippen molar-refractivity contribution in [2.24, 2.45) is 0 Å². The highest BCUT2D eigenvalue weighted by Gasteiger charge is 2.36. The lowest BCUT2D eigenvalue weighted by molar-refractivity contribution is -0.165. The molecule has 7 heteroatoms. The Morgan fingerprint density at radius 2 is 1.82 bits per heavy atom. The normalized spacial score (nSPS) is 12.5. The number of anilines is 1. The highest BCUT2D eigenvalue weighted by Crippen LogP contribution is 2.32. The first-order valence-corrected chi connectivity index (χ1v) is 6.29. The summed E-state index contributed by atoms with van der Waals surface area (Å²) in [5, 5.41) is 3.19. The lowest BCUT2D eigenvalue weighted by Gasteiger charge is -2.07. The van der Waals surface area contributed by atoms with Crippen LogP contribution in [0.3, 0.4) is 0 Å². The van der Waals surface area contributed by atoms with Crippen LogP contribution < -0.4 is 5.32 Å². The largest absolute Gasteiger partial charge is 0.454 e. The zero-order chi connectivity index (χ0) is 16.5. The third-order valence-electron chi connectivity index (χ3n) is 2.86. The van der Waals surface area contributed by atoms with Crippen molar-refractivity contribution in [2.75, 3.05) is 5.32 Å². The molecule has 0 saturated heterocycles. The molecule has 0 aliphatic carbocycles. The average molecular weight is 311 g/mol. The summed E-state index contributed by atoms with van der Waals surface area (Å²) in [7, 11) is 0. The van der Waals surface area contributed by atoms with E-state index in [0.29, 0.717) is 17.0 Å². The van der Waals surface area contributed by atoms with E-state index in [4.69, 9.17) is 4.42 Å². The van der Waals surface area contributed by atoms with Crippen LogP contribution in [0, 0.1) is 0 Å². The molecule has 1 aromatic heterocycles. The maximum atomic E-state index is 12.3. The van der Waals surface area contributed by atoms with Crippen LogP contribution in [0.2, 0.25) is 0 Å². The van der Waals surface area contributed by atoms with E-state index in [1.165, 1.54) is 13.8 Å². The maximum Gasteiger partial charge on any atom is 0.454 e. The van der Waals surface area contributed by atoms with Crippen LogP contribution in [0.5, 0.6) is 0 Å². The quantitative estimate of drug-likeness (QED) is 0.682. The SMILES string of the molecule is CC(=O)c1oc2ccccc2c1N/C(C)=C/C(=O)C(F)(F)F. The number of benzene rings is 1. The molecule has 0 aliphatic heterocycles. The molecular weight excluding hydrogens is 299 g/mol. The number of Topliss-reactive ketones (excluding diaryl/α,β-unsaturated/α-hetero) is 1. The zero-order valence-electron chi connectivity index (χ0n) is 11.7. The van der Waals surface area contributed by atoms with Gasteiger partial charge in [0.05, 0.1) is 5.69 Å². The fourth-order valence-electron chi connectivity index (χ4n) is 1.93. The van der Waals surface area contributed by atoms with Crippen molar-refractivity contribution in [3.05, 3.63) is 41.8 Å². The minimum atomic E-state index is -4.94. The van der Waals surface area contributed by atoms with Gasteiger partial charge in [0.25, 0.3) is 5.78 Å². The summed E-state index contributed by atoms with van der Waals surface area (Å²) in [6.45, 7) is 2.58. The van der Waals surface area contributed by atoms with Crippen molar-refractivity contribution >= 4 is 28.2 Å². The van der Waals surface area contributed by atoms with Gasteiger partial charge in [0, 0.05) is 24.1 Å². The number of ketones is 2. The first-order chi connectivity index (χ1) is 10.2.